The maximum atomic E-state index is 12.2. The molecule has 3 aromatic rings. The minimum absolute atomic E-state index is 0.360. The Balaban J connectivity index is 1.73. The van der Waals surface area contributed by atoms with E-state index < -0.39 is 12.1 Å². The molecule has 9 nitrogen and oxygen atoms in total. The lowest BCUT2D eigenvalue weighted by Crippen LogP contribution is -2.33. The van der Waals surface area contributed by atoms with Gasteiger partial charge in [-0.05, 0) is 25.1 Å². The first kappa shape index (κ1) is 16.1. The van der Waals surface area contributed by atoms with Crippen LogP contribution in [0.2, 0.25) is 0 Å². The number of urea groups is 1. The van der Waals surface area contributed by atoms with E-state index in [1.54, 1.807) is 49.6 Å². The summed E-state index contributed by atoms with van der Waals surface area (Å²) in [5.74, 6) is 0.841. The lowest BCUT2D eigenvalue weighted by Gasteiger charge is -2.15. The van der Waals surface area contributed by atoms with Gasteiger partial charge >= 0.3 is 6.03 Å². The van der Waals surface area contributed by atoms with E-state index in [1.165, 1.54) is 11.0 Å². The van der Waals surface area contributed by atoms with Crippen LogP contribution in [0, 0.1) is 11.3 Å². The highest BCUT2D eigenvalue weighted by atomic mass is 16.2. The van der Waals surface area contributed by atoms with Crippen LogP contribution in [-0.4, -0.2) is 30.8 Å². The van der Waals surface area contributed by atoms with Crippen LogP contribution >= 0.6 is 0 Å². The summed E-state index contributed by atoms with van der Waals surface area (Å²) in [6, 6.07) is 9.56. The van der Waals surface area contributed by atoms with E-state index in [0.717, 1.165) is 0 Å². The average molecular weight is 334 g/mol. The molecular formula is C16H14N8O. The van der Waals surface area contributed by atoms with Crippen LogP contribution in [0.5, 0.6) is 0 Å². The molecule has 0 aliphatic heterocycles. The average Bonchev–Trinajstić information content (AvgIpc) is 3.13. The Hall–Kier alpha value is -3.80. The predicted molar refractivity (Wildman–Crippen MR) is 88.7 cm³/mol. The third-order valence-electron chi connectivity index (χ3n) is 3.35. The van der Waals surface area contributed by atoms with Gasteiger partial charge in [0.05, 0.1) is 17.3 Å². The lowest BCUT2D eigenvalue weighted by atomic mass is 10.2. The molecule has 2 N–H and O–H groups in total. The zero-order valence-corrected chi connectivity index (χ0v) is 13.3. The standard InChI is InChI=1S/C16H14N8O/c1-11(14-20-10-21-24(14)15-18-7-4-8-19-15)22-16(25)23-13-6-3-2-5-12(13)9-17/h2-8,10-11H,1H3,(H2,22,23,25)/t11-/m0/s1. The predicted octanol–water partition coefficient (Wildman–Crippen LogP) is 1.81. The molecule has 0 bridgehead atoms. The molecule has 0 radical (unpaired) electrons. The highest BCUT2D eigenvalue weighted by Gasteiger charge is 2.18. The van der Waals surface area contributed by atoms with Gasteiger partial charge in [-0.3, -0.25) is 0 Å². The largest absolute Gasteiger partial charge is 0.328 e. The first-order valence-corrected chi connectivity index (χ1v) is 7.43. The molecule has 0 unspecified atom stereocenters. The number of carbonyl (C=O) groups excluding carboxylic acids is 1. The van der Waals surface area contributed by atoms with Gasteiger partial charge in [0.1, 0.15) is 12.4 Å². The molecule has 0 fully saturated rings. The van der Waals surface area contributed by atoms with Crippen molar-refractivity contribution in [2.75, 3.05) is 5.32 Å². The van der Waals surface area contributed by atoms with E-state index in [1.807, 2.05) is 6.07 Å². The fraction of sp³-hybridized carbons (Fsp3) is 0.125. The van der Waals surface area contributed by atoms with Gasteiger partial charge in [-0.2, -0.15) is 15.0 Å². The number of anilines is 1. The molecule has 0 saturated carbocycles. The Kier molecular flexibility index (Phi) is 4.62. The molecule has 25 heavy (non-hydrogen) atoms. The highest BCUT2D eigenvalue weighted by molar-refractivity contribution is 5.90. The van der Waals surface area contributed by atoms with Crippen molar-refractivity contribution in [1.82, 2.24) is 30.0 Å². The van der Waals surface area contributed by atoms with E-state index in [-0.39, 0.29) is 0 Å². The van der Waals surface area contributed by atoms with E-state index >= 15 is 0 Å². The van der Waals surface area contributed by atoms with Crippen LogP contribution in [0.4, 0.5) is 10.5 Å². The number of benzene rings is 1. The van der Waals surface area contributed by atoms with Crippen molar-refractivity contribution >= 4 is 11.7 Å². The Morgan fingerprint density at radius 3 is 2.72 bits per heavy atom. The molecular weight excluding hydrogens is 320 g/mol. The number of nitrogens with zero attached hydrogens (tertiary/aromatic N) is 6. The Morgan fingerprint density at radius 2 is 1.96 bits per heavy atom. The summed E-state index contributed by atoms with van der Waals surface area (Å²) in [6.45, 7) is 1.76. The number of aromatic nitrogens is 5. The maximum Gasteiger partial charge on any atom is 0.319 e. The number of amides is 2. The van der Waals surface area contributed by atoms with Crippen LogP contribution in [-0.2, 0) is 0 Å². The lowest BCUT2D eigenvalue weighted by molar-refractivity contribution is 0.248. The molecule has 1 aromatic carbocycles. The summed E-state index contributed by atoms with van der Waals surface area (Å²) in [6.07, 6.45) is 4.56. The number of hydrogen-bond acceptors (Lipinski definition) is 6. The van der Waals surface area contributed by atoms with Gasteiger partial charge < -0.3 is 10.6 Å². The number of nitrogens with one attached hydrogen (secondary N) is 2. The monoisotopic (exact) mass is 334 g/mol. The summed E-state index contributed by atoms with van der Waals surface area (Å²) in [7, 11) is 0. The third kappa shape index (κ3) is 3.59. The van der Waals surface area contributed by atoms with Crippen molar-refractivity contribution in [3.8, 4) is 12.0 Å². The molecule has 9 heteroatoms. The van der Waals surface area contributed by atoms with Crippen LogP contribution in [0.25, 0.3) is 5.95 Å². The number of nitriles is 1. The minimum Gasteiger partial charge on any atom is -0.328 e. The van der Waals surface area contributed by atoms with Crippen molar-refractivity contribution in [1.29, 1.82) is 5.26 Å². The summed E-state index contributed by atoms with van der Waals surface area (Å²) in [5, 5.41) is 18.6. The number of rotatable bonds is 4. The molecule has 0 aliphatic rings. The molecule has 3 rings (SSSR count). The van der Waals surface area contributed by atoms with Gasteiger partial charge in [-0.15, -0.1) is 0 Å². The van der Waals surface area contributed by atoms with E-state index in [0.29, 0.717) is 23.0 Å². The molecule has 0 spiro atoms. The van der Waals surface area contributed by atoms with Gasteiger partial charge in [0, 0.05) is 12.4 Å². The zero-order valence-electron chi connectivity index (χ0n) is 13.3. The maximum absolute atomic E-state index is 12.2. The quantitative estimate of drug-likeness (QED) is 0.750. The molecule has 2 heterocycles. The van der Waals surface area contributed by atoms with Crippen molar-refractivity contribution in [3.05, 3.63) is 60.4 Å². The molecule has 0 aliphatic carbocycles. The second-order valence-corrected chi connectivity index (χ2v) is 5.06. The minimum atomic E-state index is -0.460. The van der Waals surface area contributed by atoms with Crippen molar-refractivity contribution < 1.29 is 4.79 Å². The summed E-state index contributed by atoms with van der Waals surface area (Å²) in [4.78, 5) is 24.6. The molecule has 2 aromatic heterocycles. The van der Waals surface area contributed by atoms with Gasteiger partial charge in [-0.25, -0.2) is 19.7 Å². The number of para-hydroxylation sites is 1. The highest BCUT2D eigenvalue weighted by Crippen LogP contribution is 2.15. The Bertz CT molecular complexity index is 915. The van der Waals surface area contributed by atoms with Gasteiger partial charge in [-0.1, -0.05) is 12.1 Å². The van der Waals surface area contributed by atoms with Crippen molar-refractivity contribution in [2.24, 2.45) is 0 Å². The van der Waals surface area contributed by atoms with Crippen LogP contribution in [0.3, 0.4) is 0 Å². The van der Waals surface area contributed by atoms with E-state index in [4.69, 9.17) is 5.26 Å². The van der Waals surface area contributed by atoms with Gasteiger partial charge in [0.2, 0.25) is 0 Å². The van der Waals surface area contributed by atoms with Crippen molar-refractivity contribution in [2.45, 2.75) is 13.0 Å². The first-order valence-electron chi connectivity index (χ1n) is 7.43. The normalized spacial score (nSPS) is 11.4. The summed E-state index contributed by atoms with van der Waals surface area (Å²) < 4.78 is 1.45. The van der Waals surface area contributed by atoms with E-state index in [2.05, 4.69) is 30.7 Å². The fourth-order valence-electron chi connectivity index (χ4n) is 2.21. The molecule has 1 atom stereocenters. The Morgan fingerprint density at radius 1 is 1.20 bits per heavy atom. The second-order valence-electron chi connectivity index (χ2n) is 5.06. The topological polar surface area (TPSA) is 121 Å². The third-order valence-corrected chi connectivity index (χ3v) is 3.35. The fourth-order valence-corrected chi connectivity index (χ4v) is 2.21. The zero-order chi connectivity index (χ0) is 17.6. The van der Waals surface area contributed by atoms with Crippen molar-refractivity contribution in [3.63, 3.8) is 0 Å². The van der Waals surface area contributed by atoms with Crippen LogP contribution in [0.15, 0.2) is 49.1 Å². The van der Waals surface area contributed by atoms with Crippen LogP contribution in [0.1, 0.15) is 24.4 Å². The molecule has 0 saturated heterocycles. The first-order chi connectivity index (χ1) is 12.2. The van der Waals surface area contributed by atoms with E-state index in [9.17, 15) is 4.79 Å². The Labute approximate surface area is 143 Å². The number of carbonyl (C=O) groups is 1. The van der Waals surface area contributed by atoms with Crippen LogP contribution < -0.4 is 10.6 Å². The van der Waals surface area contributed by atoms with Gasteiger partial charge in [0.15, 0.2) is 5.82 Å². The summed E-state index contributed by atoms with van der Waals surface area (Å²) in [5.41, 5.74) is 0.814. The SMILES string of the molecule is C[C@H](NC(=O)Nc1ccccc1C#N)c1ncnn1-c1ncccn1. The number of hydrogen-bond donors (Lipinski definition) is 2. The molecule has 2 amide bonds. The second kappa shape index (κ2) is 7.18. The van der Waals surface area contributed by atoms with Gasteiger partial charge in [0.25, 0.3) is 5.95 Å². The molecule has 124 valence electrons. The smallest absolute Gasteiger partial charge is 0.319 e. The summed E-state index contributed by atoms with van der Waals surface area (Å²) >= 11 is 0.